The summed E-state index contributed by atoms with van der Waals surface area (Å²) in [5.41, 5.74) is 1.17. The summed E-state index contributed by atoms with van der Waals surface area (Å²) in [6, 6.07) is 1.59. The van der Waals surface area contributed by atoms with E-state index in [4.69, 9.17) is 0 Å². The molecule has 0 bridgehead atoms. The molecule has 1 aliphatic heterocycles. The minimum atomic E-state index is -0.840. The summed E-state index contributed by atoms with van der Waals surface area (Å²) >= 11 is 1.63. The molecule has 3 rings (SSSR count). The van der Waals surface area contributed by atoms with Crippen LogP contribution in [0.5, 0.6) is 0 Å². The fourth-order valence-corrected chi connectivity index (χ4v) is 4.56. The summed E-state index contributed by atoms with van der Waals surface area (Å²) in [6.45, 7) is 0. The van der Waals surface area contributed by atoms with Gasteiger partial charge in [0.1, 0.15) is 6.04 Å². The Balaban J connectivity index is 1.70. The maximum Gasteiger partial charge on any atom is 0.326 e. The van der Waals surface area contributed by atoms with Gasteiger partial charge < -0.3 is 10.0 Å². The second kappa shape index (κ2) is 6.18. The quantitative estimate of drug-likeness (QED) is 0.930. The lowest BCUT2D eigenvalue weighted by atomic mass is 9.84. The zero-order valence-corrected chi connectivity index (χ0v) is 12.8. The minimum absolute atomic E-state index is 0.0167. The van der Waals surface area contributed by atoms with Gasteiger partial charge in [-0.1, -0.05) is 12.8 Å². The molecule has 1 amide bonds. The zero-order chi connectivity index (χ0) is 14.8. The van der Waals surface area contributed by atoms with Crippen molar-refractivity contribution in [2.24, 2.45) is 5.92 Å². The fourth-order valence-electron chi connectivity index (χ4n) is 3.85. The highest BCUT2D eigenvalue weighted by molar-refractivity contribution is 7.07. The number of hydrogen-bond acceptors (Lipinski definition) is 3. The molecular weight excluding hydrogens is 286 g/mol. The van der Waals surface area contributed by atoms with Crippen LogP contribution in [0, 0.1) is 5.92 Å². The van der Waals surface area contributed by atoms with E-state index in [1.54, 1.807) is 16.2 Å². The maximum absolute atomic E-state index is 12.6. The number of aryl methyl sites for hydroxylation is 1. The van der Waals surface area contributed by atoms with Crippen molar-refractivity contribution >= 4 is 23.2 Å². The van der Waals surface area contributed by atoms with Gasteiger partial charge in [0, 0.05) is 12.5 Å². The smallest absolute Gasteiger partial charge is 0.326 e. The lowest BCUT2D eigenvalue weighted by Crippen LogP contribution is -2.46. The summed E-state index contributed by atoms with van der Waals surface area (Å²) < 4.78 is 0. The average Bonchev–Trinajstić information content (AvgIpc) is 3.11. The van der Waals surface area contributed by atoms with Crippen LogP contribution in [0.15, 0.2) is 16.8 Å². The van der Waals surface area contributed by atoms with E-state index in [-0.39, 0.29) is 11.9 Å². The first-order valence-electron chi connectivity index (χ1n) is 7.72. The number of carboxylic acids is 1. The van der Waals surface area contributed by atoms with Gasteiger partial charge in [0.05, 0.1) is 0 Å². The Morgan fingerprint density at radius 1 is 1.33 bits per heavy atom. The van der Waals surface area contributed by atoms with Gasteiger partial charge in [-0.2, -0.15) is 11.3 Å². The van der Waals surface area contributed by atoms with E-state index in [1.807, 2.05) is 11.4 Å². The first kappa shape index (κ1) is 14.6. The number of carbonyl (C=O) groups excluding carboxylic acids is 1. The Morgan fingerprint density at radius 3 is 2.86 bits per heavy atom. The van der Waals surface area contributed by atoms with Crippen molar-refractivity contribution in [3.8, 4) is 0 Å². The predicted octanol–water partition coefficient (Wildman–Crippen LogP) is 2.93. The standard InChI is InChI=1S/C16H21NO3S/c18-15(6-5-11-7-8-21-10-11)17-13-4-2-1-3-12(13)9-14(17)16(19)20/h7-8,10,12-14H,1-6,9H2,(H,19,20). The van der Waals surface area contributed by atoms with Crippen LogP contribution >= 0.6 is 11.3 Å². The first-order chi connectivity index (χ1) is 10.2. The first-order valence-corrected chi connectivity index (χ1v) is 8.66. The van der Waals surface area contributed by atoms with E-state index in [0.717, 1.165) is 19.3 Å². The molecule has 3 unspecified atom stereocenters. The second-order valence-corrected chi connectivity index (χ2v) is 6.91. The number of rotatable bonds is 4. The molecule has 3 atom stereocenters. The van der Waals surface area contributed by atoms with E-state index >= 15 is 0 Å². The summed E-state index contributed by atoms with van der Waals surface area (Å²) in [5, 5.41) is 13.5. The SMILES string of the molecule is O=C(O)C1CC2CCCCC2N1C(=O)CCc1ccsc1. The average molecular weight is 307 g/mol. The third-order valence-corrected chi connectivity index (χ3v) is 5.60. The van der Waals surface area contributed by atoms with Crippen molar-refractivity contribution in [2.75, 3.05) is 0 Å². The molecule has 2 aliphatic rings. The van der Waals surface area contributed by atoms with Crippen molar-refractivity contribution in [3.05, 3.63) is 22.4 Å². The Kier molecular flexibility index (Phi) is 4.29. The van der Waals surface area contributed by atoms with E-state index in [0.29, 0.717) is 25.2 Å². The van der Waals surface area contributed by atoms with Gasteiger partial charge in [-0.3, -0.25) is 4.79 Å². The Hall–Kier alpha value is -1.36. The van der Waals surface area contributed by atoms with Crippen molar-refractivity contribution < 1.29 is 14.7 Å². The van der Waals surface area contributed by atoms with Crippen LogP contribution in [0.3, 0.4) is 0 Å². The van der Waals surface area contributed by atoms with Gasteiger partial charge in [-0.05, 0) is 54.0 Å². The van der Waals surface area contributed by atoms with Crippen molar-refractivity contribution in [3.63, 3.8) is 0 Å². The zero-order valence-electron chi connectivity index (χ0n) is 12.0. The number of carboxylic acid groups (broad SMARTS) is 1. The van der Waals surface area contributed by atoms with Gasteiger partial charge >= 0.3 is 5.97 Å². The lowest BCUT2D eigenvalue weighted by Gasteiger charge is -2.33. The molecule has 0 aromatic carbocycles. The summed E-state index contributed by atoms with van der Waals surface area (Å²) in [7, 11) is 0. The van der Waals surface area contributed by atoms with E-state index < -0.39 is 12.0 Å². The van der Waals surface area contributed by atoms with E-state index in [2.05, 4.69) is 5.38 Å². The fraction of sp³-hybridized carbons (Fsp3) is 0.625. The number of nitrogens with zero attached hydrogens (tertiary/aromatic N) is 1. The largest absolute Gasteiger partial charge is 0.480 e. The number of thiophene rings is 1. The van der Waals surface area contributed by atoms with Gasteiger partial charge in [-0.25, -0.2) is 4.79 Å². The number of carbonyl (C=O) groups is 2. The number of likely N-dealkylation sites (tertiary alicyclic amines) is 1. The Labute approximate surface area is 128 Å². The number of fused-ring (bicyclic) bond motifs is 1. The number of amides is 1. The molecule has 1 N–H and O–H groups in total. The van der Waals surface area contributed by atoms with Crippen LogP contribution in [0.25, 0.3) is 0 Å². The molecule has 114 valence electrons. The van der Waals surface area contributed by atoms with Crippen LogP contribution in [0.4, 0.5) is 0 Å². The van der Waals surface area contributed by atoms with Crippen LogP contribution in [-0.2, 0) is 16.0 Å². The molecule has 1 saturated carbocycles. The number of aliphatic carboxylic acids is 1. The van der Waals surface area contributed by atoms with Crippen LogP contribution < -0.4 is 0 Å². The second-order valence-electron chi connectivity index (χ2n) is 6.13. The number of hydrogen-bond donors (Lipinski definition) is 1. The van der Waals surface area contributed by atoms with Crippen LogP contribution in [-0.4, -0.2) is 34.0 Å². The van der Waals surface area contributed by atoms with Gasteiger partial charge in [0.25, 0.3) is 0 Å². The predicted molar refractivity (Wildman–Crippen MR) is 81.3 cm³/mol. The highest BCUT2D eigenvalue weighted by atomic mass is 32.1. The Bertz CT molecular complexity index is 514. The summed E-state index contributed by atoms with van der Waals surface area (Å²) in [5.74, 6) is -0.429. The molecule has 1 aromatic heterocycles. The van der Waals surface area contributed by atoms with E-state index in [9.17, 15) is 14.7 Å². The van der Waals surface area contributed by atoms with E-state index in [1.165, 1.54) is 12.0 Å². The van der Waals surface area contributed by atoms with Crippen molar-refractivity contribution in [1.29, 1.82) is 0 Å². The molecule has 1 saturated heterocycles. The maximum atomic E-state index is 12.6. The lowest BCUT2D eigenvalue weighted by molar-refractivity contribution is -0.149. The molecule has 0 radical (unpaired) electrons. The van der Waals surface area contributed by atoms with Crippen LogP contribution in [0.1, 0.15) is 44.1 Å². The summed E-state index contributed by atoms with van der Waals surface area (Å²) in [4.78, 5) is 25.8. The highest BCUT2D eigenvalue weighted by Crippen LogP contribution is 2.40. The topological polar surface area (TPSA) is 57.6 Å². The van der Waals surface area contributed by atoms with Crippen molar-refractivity contribution in [2.45, 2.75) is 57.0 Å². The molecule has 5 heteroatoms. The normalized spacial score (nSPS) is 28.4. The molecule has 21 heavy (non-hydrogen) atoms. The third-order valence-electron chi connectivity index (χ3n) is 4.87. The molecule has 1 aromatic rings. The minimum Gasteiger partial charge on any atom is -0.480 e. The molecule has 2 heterocycles. The van der Waals surface area contributed by atoms with Gasteiger partial charge in [0.2, 0.25) is 5.91 Å². The highest BCUT2D eigenvalue weighted by Gasteiger charge is 2.47. The molecule has 0 spiro atoms. The third kappa shape index (κ3) is 2.98. The molecule has 1 aliphatic carbocycles. The Morgan fingerprint density at radius 2 is 2.14 bits per heavy atom. The van der Waals surface area contributed by atoms with Gasteiger partial charge in [0.15, 0.2) is 0 Å². The molecular formula is C16H21NO3S. The van der Waals surface area contributed by atoms with Crippen molar-refractivity contribution in [1.82, 2.24) is 4.90 Å². The molecule has 4 nitrogen and oxygen atoms in total. The monoisotopic (exact) mass is 307 g/mol. The van der Waals surface area contributed by atoms with Crippen LogP contribution in [0.2, 0.25) is 0 Å². The van der Waals surface area contributed by atoms with Gasteiger partial charge in [-0.15, -0.1) is 0 Å². The summed E-state index contributed by atoms with van der Waals surface area (Å²) in [6.07, 6.45) is 6.10. The molecule has 2 fully saturated rings.